The third-order valence-electron chi connectivity index (χ3n) is 7.29. The molecule has 2 heterocycles. The molecule has 7 heteroatoms. The van der Waals surface area contributed by atoms with Crippen molar-refractivity contribution in [3.63, 3.8) is 0 Å². The molecule has 1 aliphatic rings. The van der Waals surface area contributed by atoms with Gasteiger partial charge in [-0.3, -0.25) is 9.59 Å². The summed E-state index contributed by atoms with van der Waals surface area (Å²) in [6.45, 7) is 8.26. The minimum Gasteiger partial charge on any atom is -0.354 e. The minimum atomic E-state index is -0.616. The van der Waals surface area contributed by atoms with Crippen molar-refractivity contribution in [1.82, 2.24) is 14.8 Å². The van der Waals surface area contributed by atoms with Crippen LogP contribution < -0.4 is 5.32 Å². The average molecular weight is 552 g/mol. The van der Waals surface area contributed by atoms with Gasteiger partial charge in [0.25, 0.3) is 5.91 Å². The number of rotatable bonds is 8. The number of aromatic nitrogens is 1. The molecule has 0 bridgehead atoms. The Bertz CT molecular complexity index is 1350. The van der Waals surface area contributed by atoms with Crippen LogP contribution in [0.2, 0.25) is 5.02 Å². The zero-order chi connectivity index (χ0) is 28.7. The van der Waals surface area contributed by atoms with E-state index in [1.807, 2.05) is 46.0 Å². The number of nitrogens with zero attached hydrogens (tertiary/aromatic N) is 2. The Hall–Kier alpha value is -3.38. The van der Waals surface area contributed by atoms with Gasteiger partial charge in [-0.15, -0.1) is 0 Å². The van der Waals surface area contributed by atoms with E-state index < -0.39 is 17.8 Å². The summed E-state index contributed by atoms with van der Waals surface area (Å²) in [6.07, 6.45) is 9.21. The van der Waals surface area contributed by atoms with E-state index in [0.29, 0.717) is 16.7 Å². The fourth-order valence-electron chi connectivity index (χ4n) is 5.33. The van der Waals surface area contributed by atoms with E-state index in [0.717, 1.165) is 30.4 Å². The molecule has 3 aromatic rings. The number of allylic oxidation sites excluding steroid dienone is 2. The summed E-state index contributed by atoms with van der Waals surface area (Å²) in [5, 5.41) is 3.25. The van der Waals surface area contributed by atoms with E-state index in [1.165, 1.54) is 17.8 Å². The lowest BCUT2D eigenvalue weighted by Gasteiger charge is -2.39. The topological polar surface area (TPSA) is 54.3 Å². The Labute approximate surface area is 236 Å². The zero-order valence-electron chi connectivity index (χ0n) is 23.7. The van der Waals surface area contributed by atoms with Crippen LogP contribution in [0.5, 0.6) is 0 Å². The van der Waals surface area contributed by atoms with E-state index in [2.05, 4.69) is 35.2 Å². The van der Waals surface area contributed by atoms with Gasteiger partial charge >= 0.3 is 0 Å². The first kappa shape index (κ1) is 30.2. The van der Waals surface area contributed by atoms with Gasteiger partial charge in [0.05, 0.1) is 12.0 Å². The van der Waals surface area contributed by atoms with Crippen LogP contribution in [0, 0.1) is 12.7 Å². The zero-order valence-corrected chi connectivity index (χ0v) is 24.5. The summed E-state index contributed by atoms with van der Waals surface area (Å²) >= 11 is 6.20. The molecule has 0 aliphatic carbocycles. The maximum absolute atomic E-state index is 13.8. The molecule has 0 fully saturated rings. The highest BCUT2D eigenvalue weighted by atomic mass is 35.5. The van der Waals surface area contributed by atoms with E-state index >= 15 is 0 Å². The number of amides is 2. The molecule has 1 aromatic heterocycles. The van der Waals surface area contributed by atoms with Crippen LogP contribution in [0.3, 0.4) is 0 Å². The van der Waals surface area contributed by atoms with Crippen LogP contribution in [0.25, 0.3) is 0 Å². The maximum Gasteiger partial charge on any atom is 0.254 e. The summed E-state index contributed by atoms with van der Waals surface area (Å²) in [4.78, 5) is 28.9. The van der Waals surface area contributed by atoms with Crippen LogP contribution in [0.15, 0.2) is 60.8 Å². The quantitative estimate of drug-likeness (QED) is 0.236. The summed E-state index contributed by atoms with van der Waals surface area (Å²) in [5.74, 6) is -1.36. The monoisotopic (exact) mass is 551 g/mol. The Kier molecular flexibility index (Phi) is 10.5. The van der Waals surface area contributed by atoms with Gasteiger partial charge in [0.15, 0.2) is 0 Å². The van der Waals surface area contributed by atoms with Crippen LogP contribution >= 0.6 is 11.6 Å². The van der Waals surface area contributed by atoms with Crippen molar-refractivity contribution in [1.29, 1.82) is 0 Å². The first-order chi connectivity index (χ1) is 18.7. The Morgan fingerprint density at radius 3 is 2.54 bits per heavy atom. The number of carbonyl (C=O) groups is 2. The summed E-state index contributed by atoms with van der Waals surface area (Å²) in [7, 11) is 3.78. The van der Waals surface area contributed by atoms with Gasteiger partial charge < -0.3 is 14.8 Å². The molecule has 5 nitrogen and oxygen atoms in total. The van der Waals surface area contributed by atoms with E-state index in [9.17, 15) is 14.0 Å². The number of hydrogen-bond acceptors (Lipinski definition) is 2. The summed E-state index contributed by atoms with van der Waals surface area (Å²) in [6, 6.07) is 11.0. The Balaban J connectivity index is 0.00000205. The molecule has 2 aromatic carbocycles. The molecule has 0 radical (unpaired) electrons. The fraction of sp³-hybridized carbons (Fsp3) is 0.375. The highest BCUT2D eigenvalue weighted by Crippen LogP contribution is 2.44. The average Bonchev–Trinajstić information content (AvgIpc) is 3.21. The smallest absolute Gasteiger partial charge is 0.254 e. The third-order valence-corrected chi connectivity index (χ3v) is 7.65. The number of unbranched alkanes of at least 4 members (excludes halogenated alkanes) is 1. The lowest BCUT2D eigenvalue weighted by Crippen LogP contribution is -2.45. The number of aryl methyl sites for hydroxylation is 1. The van der Waals surface area contributed by atoms with Crippen molar-refractivity contribution in [2.24, 2.45) is 7.05 Å². The molecule has 1 N–H and O–H groups in total. The molecule has 2 atom stereocenters. The summed E-state index contributed by atoms with van der Waals surface area (Å²) < 4.78 is 15.6. The largest absolute Gasteiger partial charge is 0.354 e. The lowest BCUT2D eigenvalue weighted by molar-refractivity contribution is -0.124. The molecule has 2 unspecified atom stereocenters. The molecular formula is C32H39ClFN3O2. The van der Waals surface area contributed by atoms with Crippen molar-refractivity contribution in [3.05, 3.63) is 105 Å². The number of nitrogens with one attached hydrogen (secondary N) is 1. The van der Waals surface area contributed by atoms with E-state index in [4.69, 9.17) is 11.6 Å². The van der Waals surface area contributed by atoms with Gasteiger partial charge in [-0.25, -0.2) is 4.39 Å². The molecule has 1 aliphatic heterocycles. The number of hydrogen-bond donors (Lipinski definition) is 1. The van der Waals surface area contributed by atoms with Gasteiger partial charge in [-0.2, -0.15) is 0 Å². The molecule has 4 rings (SSSR count). The molecule has 0 saturated heterocycles. The second-order valence-electron chi connectivity index (χ2n) is 9.61. The lowest BCUT2D eigenvalue weighted by atomic mass is 9.79. The first-order valence-corrected chi connectivity index (χ1v) is 14.0. The van der Waals surface area contributed by atoms with Crippen molar-refractivity contribution < 1.29 is 14.0 Å². The predicted molar refractivity (Wildman–Crippen MR) is 157 cm³/mol. The SMILES string of the molecule is C/C=C\CCCc1c(C)c(C2C(C(=O)NCc3ccc(F)cc3Cl)c3ccccc3C(=O)N2C)cn1C.CC. The predicted octanol–water partition coefficient (Wildman–Crippen LogP) is 7.28. The molecule has 2 amide bonds. The van der Waals surface area contributed by atoms with Crippen LogP contribution in [0.1, 0.15) is 83.9 Å². The number of carbonyl (C=O) groups excluding carboxylic acids is 2. The van der Waals surface area contributed by atoms with Crippen LogP contribution in [0.4, 0.5) is 4.39 Å². The Morgan fingerprint density at radius 1 is 1.13 bits per heavy atom. The van der Waals surface area contributed by atoms with Crippen molar-refractivity contribution in [3.8, 4) is 0 Å². The first-order valence-electron chi connectivity index (χ1n) is 13.6. The van der Waals surface area contributed by atoms with Crippen molar-refractivity contribution in [2.45, 2.75) is 65.5 Å². The minimum absolute atomic E-state index is 0.107. The standard InChI is InChI=1S/C30H33ClFN3O2.C2H6/c1-5-6-7-8-13-26-19(2)24(18-34(26)3)28-27(22-11-9-10-12-23(22)30(37)35(28)4)29(36)33-17-20-14-15-21(32)16-25(20)31;1-2/h5-6,9-12,14-16,18,27-28H,7-8,13,17H2,1-4H3,(H,33,36);1-2H3/b6-5-;. The number of fused-ring (bicyclic) bond motifs is 1. The van der Waals surface area contributed by atoms with Gasteiger partial charge in [0, 0.05) is 43.1 Å². The van der Waals surface area contributed by atoms with Crippen molar-refractivity contribution in [2.75, 3.05) is 7.05 Å². The van der Waals surface area contributed by atoms with E-state index in [-0.39, 0.29) is 23.4 Å². The van der Waals surface area contributed by atoms with Gasteiger partial charge in [-0.05, 0) is 73.6 Å². The second-order valence-corrected chi connectivity index (χ2v) is 10.0. The number of likely N-dealkylation sites (N-methyl/N-ethyl adjacent to an activating group) is 1. The number of halogens is 2. The highest BCUT2D eigenvalue weighted by Gasteiger charge is 2.43. The molecule has 39 heavy (non-hydrogen) atoms. The van der Waals surface area contributed by atoms with Gasteiger partial charge in [-0.1, -0.05) is 61.9 Å². The van der Waals surface area contributed by atoms with Crippen LogP contribution in [-0.4, -0.2) is 28.3 Å². The van der Waals surface area contributed by atoms with Gasteiger partial charge in [0.2, 0.25) is 5.91 Å². The number of benzene rings is 2. The maximum atomic E-state index is 13.8. The van der Waals surface area contributed by atoms with Crippen molar-refractivity contribution >= 4 is 23.4 Å². The molecule has 0 spiro atoms. The normalized spacial score (nSPS) is 16.6. The van der Waals surface area contributed by atoms with E-state index in [1.54, 1.807) is 24.1 Å². The van der Waals surface area contributed by atoms with Crippen LogP contribution in [-0.2, 0) is 24.8 Å². The molecule has 208 valence electrons. The van der Waals surface area contributed by atoms with Gasteiger partial charge in [0.1, 0.15) is 5.82 Å². The third kappa shape index (κ3) is 6.44. The Morgan fingerprint density at radius 2 is 1.85 bits per heavy atom. The molecular weight excluding hydrogens is 513 g/mol. The highest BCUT2D eigenvalue weighted by molar-refractivity contribution is 6.31. The second kappa shape index (κ2) is 13.6. The molecule has 0 saturated carbocycles. The fourth-order valence-corrected chi connectivity index (χ4v) is 5.57. The summed E-state index contributed by atoms with van der Waals surface area (Å²) in [5.41, 5.74) is 5.13.